The van der Waals surface area contributed by atoms with Crippen LogP contribution in [0.5, 0.6) is 0 Å². The maximum Gasteiger partial charge on any atom is 0.305 e. The van der Waals surface area contributed by atoms with E-state index < -0.39 is 0 Å². The van der Waals surface area contributed by atoms with Gasteiger partial charge in [-0.2, -0.15) is 0 Å². The SMILES string of the molecule is COC(=O)CCc1csc(CN(C)C)n1. The van der Waals surface area contributed by atoms with Crippen molar-refractivity contribution in [1.82, 2.24) is 9.88 Å². The van der Waals surface area contributed by atoms with Crippen LogP contribution in [-0.4, -0.2) is 37.1 Å². The van der Waals surface area contributed by atoms with E-state index in [9.17, 15) is 4.79 Å². The molecule has 0 spiro atoms. The first kappa shape index (κ1) is 12.1. The molecule has 0 N–H and O–H groups in total. The molecule has 0 unspecified atom stereocenters. The monoisotopic (exact) mass is 228 g/mol. The van der Waals surface area contributed by atoms with Crippen LogP contribution in [0.2, 0.25) is 0 Å². The highest BCUT2D eigenvalue weighted by molar-refractivity contribution is 7.09. The molecule has 0 amide bonds. The summed E-state index contributed by atoms with van der Waals surface area (Å²) in [4.78, 5) is 17.4. The van der Waals surface area contributed by atoms with E-state index in [4.69, 9.17) is 0 Å². The zero-order chi connectivity index (χ0) is 11.3. The van der Waals surface area contributed by atoms with Gasteiger partial charge in [-0.3, -0.25) is 4.79 Å². The van der Waals surface area contributed by atoms with Gasteiger partial charge in [0.05, 0.1) is 19.2 Å². The zero-order valence-corrected chi connectivity index (χ0v) is 10.1. The first-order chi connectivity index (χ1) is 7.11. The fourth-order valence-electron chi connectivity index (χ4n) is 1.14. The molecule has 0 saturated heterocycles. The number of aryl methyl sites for hydroxylation is 1. The first-order valence-corrected chi connectivity index (χ1v) is 5.64. The Bertz CT molecular complexity index is 323. The molecule has 1 heterocycles. The first-order valence-electron chi connectivity index (χ1n) is 4.76. The number of rotatable bonds is 5. The maximum atomic E-state index is 10.9. The summed E-state index contributed by atoms with van der Waals surface area (Å²) in [5.41, 5.74) is 0.974. The van der Waals surface area contributed by atoms with Crippen molar-refractivity contribution in [3.05, 3.63) is 16.1 Å². The van der Waals surface area contributed by atoms with Gasteiger partial charge >= 0.3 is 5.97 Å². The van der Waals surface area contributed by atoms with E-state index in [1.807, 2.05) is 19.5 Å². The molecule has 0 aromatic carbocycles. The second-order valence-corrected chi connectivity index (χ2v) is 4.49. The highest BCUT2D eigenvalue weighted by Crippen LogP contribution is 2.12. The normalized spacial score (nSPS) is 10.7. The van der Waals surface area contributed by atoms with Crippen molar-refractivity contribution in [2.75, 3.05) is 21.2 Å². The van der Waals surface area contributed by atoms with Crippen LogP contribution < -0.4 is 0 Å². The van der Waals surface area contributed by atoms with Crippen LogP contribution in [0, 0.1) is 0 Å². The van der Waals surface area contributed by atoms with Crippen molar-refractivity contribution >= 4 is 17.3 Å². The number of esters is 1. The van der Waals surface area contributed by atoms with Crippen LogP contribution in [0.4, 0.5) is 0 Å². The van der Waals surface area contributed by atoms with Crippen molar-refractivity contribution in [3.63, 3.8) is 0 Å². The molecule has 1 rings (SSSR count). The number of thiazole rings is 1. The van der Waals surface area contributed by atoms with Gasteiger partial charge in [-0.1, -0.05) is 0 Å². The minimum atomic E-state index is -0.183. The minimum absolute atomic E-state index is 0.183. The van der Waals surface area contributed by atoms with E-state index in [1.165, 1.54) is 7.11 Å². The molecule has 0 aliphatic rings. The molecule has 0 atom stereocenters. The molecule has 0 fully saturated rings. The second-order valence-electron chi connectivity index (χ2n) is 3.55. The number of hydrogen-bond acceptors (Lipinski definition) is 5. The molecule has 84 valence electrons. The van der Waals surface area contributed by atoms with E-state index in [-0.39, 0.29) is 5.97 Å². The minimum Gasteiger partial charge on any atom is -0.469 e. The Labute approximate surface area is 93.9 Å². The number of nitrogens with zero attached hydrogens (tertiary/aromatic N) is 2. The van der Waals surface area contributed by atoms with Crippen LogP contribution in [0.15, 0.2) is 5.38 Å². The molecule has 15 heavy (non-hydrogen) atoms. The van der Waals surface area contributed by atoms with Gasteiger partial charge < -0.3 is 9.64 Å². The molecule has 0 aliphatic carbocycles. The van der Waals surface area contributed by atoms with Gasteiger partial charge in [-0.05, 0) is 14.1 Å². The van der Waals surface area contributed by atoms with Crippen LogP contribution in [0.25, 0.3) is 0 Å². The van der Waals surface area contributed by atoms with E-state index >= 15 is 0 Å². The van der Waals surface area contributed by atoms with Gasteiger partial charge in [0.25, 0.3) is 0 Å². The highest BCUT2D eigenvalue weighted by atomic mass is 32.1. The summed E-state index contributed by atoms with van der Waals surface area (Å²) in [5, 5.41) is 3.08. The number of ether oxygens (including phenoxy) is 1. The van der Waals surface area contributed by atoms with Crippen molar-refractivity contribution < 1.29 is 9.53 Å². The Morgan fingerprint density at radius 3 is 2.93 bits per heavy atom. The lowest BCUT2D eigenvalue weighted by Gasteiger charge is -2.04. The fraction of sp³-hybridized carbons (Fsp3) is 0.600. The number of methoxy groups -OCH3 is 1. The number of carbonyl (C=O) groups is 1. The van der Waals surface area contributed by atoms with Gasteiger partial charge in [-0.25, -0.2) is 4.98 Å². The topological polar surface area (TPSA) is 42.4 Å². The molecule has 0 radical (unpaired) electrons. The molecule has 1 aromatic heterocycles. The largest absolute Gasteiger partial charge is 0.469 e. The molecule has 5 heteroatoms. The summed E-state index contributed by atoms with van der Waals surface area (Å²) in [6, 6.07) is 0. The molecular weight excluding hydrogens is 212 g/mol. The van der Waals surface area contributed by atoms with Gasteiger partial charge in [0, 0.05) is 18.3 Å². The third-order valence-corrected chi connectivity index (χ3v) is 2.75. The highest BCUT2D eigenvalue weighted by Gasteiger charge is 2.06. The standard InChI is InChI=1S/C10H16N2O2S/c1-12(2)6-9-11-8(7-15-9)4-5-10(13)14-3/h7H,4-6H2,1-3H3. The van der Waals surface area contributed by atoms with Gasteiger partial charge in [0.15, 0.2) is 0 Å². The fourth-order valence-corrected chi connectivity index (χ4v) is 2.08. The summed E-state index contributed by atoms with van der Waals surface area (Å²) in [7, 11) is 5.42. The average molecular weight is 228 g/mol. The lowest BCUT2D eigenvalue weighted by Crippen LogP contribution is -2.10. The van der Waals surface area contributed by atoms with Crippen LogP contribution in [-0.2, 0) is 22.5 Å². The van der Waals surface area contributed by atoms with E-state index in [0.717, 1.165) is 17.2 Å². The van der Waals surface area contributed by atoms with E-state index in [0.29, 0.717) is 12.8 Å². The smallest absolute Gasteiger partial charge is 0.305 e. The number of carbonyl (C=O) groups excluding carboxylic acids is 1. The van der Waals surface area contributed by atoms with Gasteiger partial charge in [0.2, 0.25) is 0 Å². The summed E-state index contributed by atoms with van der Waals surface area (Å²) >= 11 is 1.63. The average Bonchev–Trinajstić information content (AvgIpc) is 2.61. The molecule has 0 aliphatic heterocycles. The Balaban J connectivity index is 2.42. The quantitative estimate of drug-likeness (QED) is 0.713. The Morgan fingerprint density at radius 1 is 1.60 bits per heavy atom. The maximum absolute atomic E-state index is 10.9. The van der Waals surface area contributed by atoms with Gasteiger partial charge in [-0.15, -0.1) is 11.3 Å². The molecule has 1 aromatic rings. The Morgan fingerprint density at radius 2 is 2.33 bits per heavy atom. The molecule has 0 bridgehead atoms. The lowest BCUT2D eigenvalue weighted by atomic mass is 10.2. The van der Waals surface area contributed by atoms with Crippen molar-refractivity contribution in [1.29, 1.82) is 0 Å². The van der Waals surface area contributed by atoms with E-state index in [2.05, 4.69) is 14.6 Å². The zero-order valence-electron chi connectivity index (χ0n) is 9.32. The van der Waals surface area contributed by atoms with Gasteiger partial charge in [0.1, 0.15) is 5.01 Å². The molecular formula is C10H16N2O2S. The third-order valence-electron chi connectivity index (χ3n) is 1.86. The lowest BCUT2D eigenvalue weighted by molar-refractivity contribution is -0.140. The third kappa shape index (κ3) is 4.40. The summed E-state index contributed by atoms with van der Waals surface area (Å²) in [6.45, 7) is 0.850. The summed E-state index contributed by atoms with van der Waals surface area (Å²) in [6.07, 6.45) is 1.07. The van der Waals surface area contributed by atoms with Crippen LogP contribution in [0.1, 0.15) is 17.1 Å². The summed E-state index contributed by atoms with van der Waals surface area (Å²) < 4.78 is 4.57. The molecule has 0 saturated carbocycles. The van der Waals surface area contributed by atoms with Crippen LogP contribution in [0.3, 0.4) is 0 Å². The van der Waals surface area contributed by atoms with Crippen LogP contribution >= 0.6 is 11.3 Å². The Kier molecular flexibility index (Phi) is 4.71. The number of hydrogen-bond donors (Lipinski definition) is 0. The second kappa shape index (κ2) is 5.82. The summed E-state index contributed by atoms with van der Waals surface area (Å²) in [5.74, 6) is -0.183. The van der Waals surface area contributed by atoms with E-state index in [1.54, 1.807) is 11.3 Å². The van der Waals surface area contributed by atoms with Crippen molar-refractivity contribution in [2.24, 2.45) is 0 Å². The van der Waals surface area contributed by atoms with Crippen molar-refractivity contribution in [2.45, 2.75) is 19.4 Å². The Hall–Kier alpha value is -0.940. The number of aromatic nitrogens is 1. The predicted molar refractivity (Wildman–Crippen MR) is 59.8 cm³/mol. The van der Waals surface area contributed by atoms with Crippen molar-refractivity contribution in [3.8, 4) is 0 Å². The molecule has 4 nitrogen and oxygen atoms in total. The predicted octanol–water partition coefficient (Wildman–Crippen LogP) is 1.31.